The minimum atomic E-state index is -0.750. The lowest BCUT2D eigenvalue weighted by Crippen LogP contribution is -2.33. The summed E-state index contributed by atoms with van der Waals surface area (Å²) < 4.78 is 17.8. The van der Waals surface area contributed by atoms with E-state index in [1.165, 1.54) is 33.5 Å². The van der Waals surface area contributed by atoms with E-state index in [2.05, 4.69) is 20.3 Å². The minimum absolute atomic E-state index is 0.313. The van der Waals surface area contributed by atoms with E-state index in [4.69, 9.17) is 13.9 Å². The Kier molecular flexibility index (Phi) is 6.88. The zero-order chi connectivity index (χ0) is 28.7. The van der Waals surface area contributed by atoms with E-state index in [9.17, 15) is 9.59 Å². The summed E-state index contributed by atoms with van der Waals surface area (Å²) in [4.78, 5) is 31.4. The van der Waals surface area contributed by atoms with E-state index in [1.54, 1.807) is 65.9 Å². The van der Waals surface area contributed by atoms with E-state index < -0.39 is 23.4 Å². The van der Waals surface area contributed by atoms with Gasteiger partial charge in [0.05, 0.1) is 23.6 Å². The molecule has 0 radical (unpaired) electrons. The van der Waals surface area contributed by atoms with Crippen LogP contribution in [0.15, 0.2) is 65.7 Å². The Labute approximate surface area is 234 Å². The predicted molar refractivity (Wildman–Crippen MR) is 151 cm³/mol. The highest BCUT2D eigenvalue weighted by molar-refractivity contribution is 7.18. The Balaban J connectivity index is 1.52. The molecule has 206 valence electrons. The molecule has 0 atom stereocenters. The number of hydrogen-bond donors (Lipinski definition) is 0. The molecule has 0 spiro atoms. The maximum absolute atomic E-state index is 13.4. The number of carbonyl (C=O) groups excluding carboxylic acids is 2. The van der Waals surface area contributed by atoms with Crippen molar-refractivity contribution in [1.82, 2.24) is 25.0 Å². The molecule has 2 aromatic carbocycles. The molecule has 40 heavy (non-hydrogen) atoms. The van der Waals surface area contributed by atoms with Gasteiger partial charge < -0.3 is 13.9 Å². The van der Waals surface area contributed by atoms with Crippen LogP contribution >= 0.6 is 11.3 Å². The van der Waals surface area contributed by atoms with Gasteiger partial charge in [-0.25, -0.2) is 19.5 Å². The van der Waals surface area contributed by atoms with Crippen LogP contribution in [-0.2, 0) is 9.47 Å². The van der Waals surface area contributed by atoms with Crippen molar-refractivity contribution in [3.63, 3.8) is 0 Å². The summed E-state index contributed by atoms with van der Waals surface area (Å²) in [5.41, 5.74) is 1.22. The topological polar surface area (TPSA) is 125 Å². The van der Waals surface area contributed by atoms with E-state index in [0.29, 0.717) is 32.5 Å². The molecule has 12 heteroatoms. The van der Waals surface area contributed by atoms with Crippen LogP contribution in [0.4, 0.5) is 20.4 Å². The normalized spacial score (nSPS) is 11.9. The summed E-state index contributed by atoms with van der Waals surface area (Å²) in [6.07, 6.45) is 3.33. The predicted octanol–water partition coefficient (Wildman–Crippen LogP) is 7.07. The number of amides is 1. The van der Waals surface area contributed by atoms with Crippen molar-refractivity contribution >= 4 is 45.2 Å². The molecular formula is C28H28N6O5S. The molecule has 0 N–H and O–H groups in total. The molecule has 0 aliphatic heterocycles. The van der Waals surface area contributed by atoms with Gasteiger partial charge in [0.1, 0.15) is 16.2 Å². The average molecular weight is 561 g/mol. The van der Waals surface area contributed by atoms with Gasteiger partial charge in [0.25, 0.3) is 0 Å². The summed E-state index contributed by atoms with van der Waals surface area (Å²) in [6.45, 7) is 10.7. The van der Waals surface area contributed by atoms with Gasteiger partial charge in [-0.2, -0.15) is 9.78 Å². The third-order valence-electron chi connectivity index (χ3n) is 5.38. The Hall–Kier alpha value is -4.58. The molecule has 0 unspecified atom stereocenters. The zero-order valence-electron chi connectivity index (χ0n) is 22.9. The quantitative estimate of drug-likeness (QED) is 0.227. The van der Waals surface area contributed by atoms with Crippen LogP contribution in [0.3, 0.4) is 0 Å². The first kappa shape index (κ1) is 27.0. The van der Waals surface area contributed by atoms with Gasteiger partial charge in [0.15, 0.2) is 12.2 Å². The largest absolute Gasteiger partial charge is 0.444 e. The van der Waals surface area contributed by atoms with Crippen molar-refractivity contribution in [3.05, 3.63) is 61.3 Å². The molecule has 0 saturated heterocycles. The number of rotatable bonds is 4. The molecule has 0 aliphatic carbocycles. The molecule has 0 fully saturated rings. The van der Waals surface area contributed by atoms with Crippen molar-refractivity contribution in [2.75, 3.05) is 4.90 Å². The lowest BCUT2D eigenvalue weighted by molar-refractivity contribution is 0.0521. The summed E-state index contributed by atoms with van der Waals surface area (Å²) in [5, 5.41) is 14.4. The van der Waals surface area contributed by atoms with E-state index in [-0.39, 0.29) is 0 Å². The number of hydrogen-bond acceptors (Lipinski definition) is 10. The number of nitrogens with zero attached hydrogens (tertiary/aromatic N) is 6. The fraction of sp³-hybridized carbons (Fsp3) is 0.286. The van der Waals surface area contributed by atoms with E-state index >= 15 is 0 Å². The second-order valence-electron chi connectivity index (χ2n) is 10.9. The van der Waals surface area contributed by atoms with Crippen LogP contribution in [-0.4, -0.2) is 48.4 Å². The Morgan fingerprint density at radius 3 is 2.38 bits per heavy atom. The smallest absolute Gasteiger partial charge is 0.435 e. The number of benzene rings is 2. The van der Waals surface area contributed by atoms with Gasteiger partial charge in [-0.15, -0.1) is 10.2 Å². The second kappa shape index (κ2) is 10.2. The van der Waals surface area contributed by atoms with Crippen LogP contribution < -0.4 is 4.90 Å². The summed E-state index contributed by atoms with van der Waals surface area (Å²) in [7, 11) is 0. The maximum atomic E-state index is 13.4. The first-order chi connectivity index (χ1) is 18.9. The van der Waals surface area contributed by atoms with E-state index in [1.807, 2.05) is 24.3 Å². The molecule has 1 amide bonds. The maximum Gasteiger partial charge on any atom is 0.435 e. The van der Waals surface area contributed by atoms with Crippen LogP contribution in [0, 0.1) is 0 Å². The number of oxazole rings is 1. The molecule has 0 bridgehead atoms. The Morgan fingerprint density at radius 1 is 0.925 bits per heavy atom. The van der Waals surface area contributed by atoms with E-state index in [0.717, 1.165) is 11.1 Å². The molecular weight excluding hydrogens is 532 g/mol. The highest BCUT2D eigenvalue weighted by Crippen LogP contribution is 2.36. The van der Waals surface area contributed by atoms with Crippen LogP contribution in [0.25, 0.3) is 32.8 Å². The van der Waals surface area contributed by atoms with Crippen molar-refractivity contribution in [3.8, 4) is 21.9 Å². The van der Waals surface area contributed by atoms with Gasteiger partial charge in [-0.3, -0.25) is 0 Å². The molecule has 3 heterocycles. The number of ether oxygens (including phenoxy) is 2. The van der Waals surface area contributed by atoms with Gasteiger partial charge in [-0.05, 0) is 65.8 Å². The lowest BCUT2D eigenvalue weighted by atomic mass is 10.1. The Morgan fingerprint density at radius 2 is 1.68 bits per heavy atom. The van der Waals surface area contributed by atoms with Crippen molar-refractivity contribution in [2.24, 2.45) is 0 Å². The fourth-order valence-electron chi connectivity index (χ4n) is 3.80. The summed E-state index contributed by atoms with van der Waals surface area (Å²) in [5.74, 6) is 0.627. The molecule has 5 aromatic rings. The van der Waals surface area contributed by atoms with Crippen LogP contribution in [0.1, 0.15) is 41.5 Å². The average Bonchev–Trinajstić information content (AvgIpc) is 3.63. The van der Waals surface area contributed by atoms with Gasteiger partial charge >= 0.3 is 12.2 Å². The third kappa shape index (κ3) is 5.86. The van der Waals surface area contributed by atoms with Crippen molar-refractivity contribution in [1.29, 1.82) is 0 Å². The van der Waals surface area contributed by atoms with Crippen LogP contribution in [0.2, 0.25) is 0 Å². The zero-order valence-corrected chi connectivity index (χ0v) is 23.7. The monoisotopic (exact) mass is 560 g/mol. The summed E-state index contributed by atoms with van der Waals surface area (Å²) in [6, 6.07) is 12.7. The molecule has 0 aliphatic rings. The SMILES string of the molecule is CC(C)(C)OC(=O)N(c1ccc2c(cnn2C(=O)OC(C)(C)C)c1)c1nnc(-c2cccc(-c3cnco3)c2)s1. The van der Waals surface area contributed by atoms with Crippen molar-refractivity contribution in [2.45, 2.75) is 52.7 Å². The first-order valence-electron chi connectivity index (χ1n) is 12.4. The van der Waals surface area contributed by atoms with Gasteiger partial charge in [0.2, 0.25) is 5.13 Å². The lowest BCUT2D eigenvalue weighted by Gasteiger charge is -2.25. The molecule has 0 saturated carbocycles. The fourth-order valence-corrected chi connectivity index (χ4v) is 4.65. The standard InChI is InChI=1S/C28H28N6O5S/c1-27(2,3)38-25(35)33(20-10-11-21-19(13-20)14-30-34(21)26(36)39-28(4,5)6)24-32-31-23(40-24)18-9-7-8-17(12-18)22-15-29-16-37-22/h7-16H,1-6H3. The number of fused-ring (bicyclic) bond motifs is 1. The number of carbonyl (C=O) groups is 2. The third-order valence-corrected chi connectivity index (χ3v) is 6.34. The highest BCUT2D eigenvalue weighted by Gasteiger charge is 2.29. The minimum Gasteiger partial charge on any atom is -0.444 e. The molecule has 3 aromatic heterocycles. The van der Waals surface area contributed by atoms with Gasteiger partial charge in [-0.1, -0.05) is 29.5 Å². The summed E-state index contributed by atoms with van der Waals surface area (Å²) >= 11 is 1.23. The second-order valence-corrected chi connectivity index (χ2v) is 11.9. The molecule has 5 rings (SSSR count). The number of aromatic nitrogens is 5. The van der Waals surface area contributed by atoms with Crippen LogP contribution in [0.5, 0.6) is 0 Å². The Bertz CT molecular complexity index is 1680. The number of anilines is 2. The van der Waals surface area contributed by atoms with Crippen molar-refractivity contribution < 1.29 is 23.5 Å². The van der Waals surface area contributed by atoms with Gasteiger partial charge in [0, 0.05) is 16.5 Å². The first-order valence-corrected chi connectivity index (χ1v) is 13.3. The molecule has 11 nitrogen and oxygen atoms in total. The highest BCUT2D eigenvalue weighted by atomic mass is 32.1.